The highest BCUT2D eigenvalue weighted by Gasteiger charge is 2.33. The number of alkyl halides is 3. The van der Waals surface area contributed by atoms with Gasteiger partial charge in [-0.25, -0.2) is 0 Å². The number of hydrogen-bond donors (Lipinski definition) is 0. The first-order valence-corrected chi connectivity index (χ1v) is 6.98. The molecule has 110 valence electrons. The number of benzene rings is 2. The molecule has 0 saturated heterocycles. The Morgan fingerprint density at radius 2 is 1.52 bits per heavy atom. The van der Waals surface area contributed by atoms with E-state index in [1.807, 2.05) is 13.8 Å². The van der Waals surface area contributed by atoms with Crippen LogP contribution in [-0.2, 0) is 6.18 Å². The molecule has 21 heavy (non-hydrogen) atoms. The largest absolute Gasteiger partial charge is 0.417 e. The predicted molar refractivity (Wildman–Crippen MR) is 78.5 cm³/mol. The molecule has 0 atom stereocenters. The molecular weight excluding hydrogens is 345 g/mol. The van der Waals surface area contributed by atoms with Crippen LogP contribution in [-0.4, -0.2) is 5.78 Å². The lowest BCUT2D eigenvalue weighted by molar-refractivity contribution is -0.138. The van der Waals surface area contributed by atoms with Crippen LogP contribution in [0.25, 0.3) is 0 Å². The van der Waals surface area contributed by atoms with Crippen LogP contribution in [0.15, 0.2) is 40.9 Å². The summed E-state index contributed by atoms with van der Waals surface area (Å²) in [5.74, 6) is -0.420. The maximum atomic E-state index is 12.9. The molecule has 0 aliphatic heterocycles. The van der Waals surface area contributed by atoms with Crippen LogP contribution >= 0.6 is 15.9 Å². The number of carbonyl (C=O) groups is 1. The van der Waals surface area contributed by atoms with Gasteiger partial charge in [0.2, 0.25) is 0 Å². The Morgan fingerprint density at radius 3 is 2.10 bits per heavy atom. The molecule has 0 saturated carbocycles. The average Bonchev–Trinajstić information content (AvgIpc) is 2.40. The minimum Gasteiger partial charge on any atom is -0.289 e. The lowest BCUT2D eigenvalue weighted by Crippen LogP contribution is -2.09. The van der Waals surface area contributed by atoms with E-state index in [2.05, 4.69) is 15.9 Å². The second-order valence-electron chi connectivity index (χ2n) is 4.82. The fraction of sp³-hybridized carbons (Fsp3) is 0.188. The molecule has 0 aromatic heterocycles. The van der Waals surface area contributed by atoms with Crippen molar-refractivity contribution < 1.29 is 18.0 Å². The van der Waals surface area contributed by atoms with Gasteiger partial charge in [-0.3, -0.25) is 4.79 Å². The van der Waals surface area contributed by atoms with Gasteiger partial charge in [0.05, 0.1) is 5.56 Å². The molecule has 0 fully saturated rings. The van der Waals surface area contributed by atoms with Crippen LogP contribution in [0.2, 0.25) is 0 Å². The standard InChI is InChI=1S/C16H12BrF3O/c1-9-3-4-11(7-10(9)2)15(21)12-5-6-14(17)13(8-12)16(18,19)20/h3-8H,1-2H3. The van der Waals surface area contributed by atoms with Gasteiger partial charge in [-0.15, -0.1) is 0 Å². The van der Waals surface area contributed by atoms with Crippen LogP contribution in [0.4, 0.5) is 13.2 Å². The van der Waals surface area contributed by atoms with Crippen molar-refractivity contribution in [2.45, 2.75) is 20.0 Å². The maximum absolute atomic E-state index is 12.9. The molecule has 0 N–H and O–H groups in total. The molecule has 0 radical (unpaired) electrons. The first kappa shape index (κ1) is 15.8. The van der Waals surface area contributed by atoms with Crippen molar-refractivity contribution in [2.75, 3.05) is 0 Å². The van der Waals surface area contributed by atoms with Gasteiger partial charge in [0.25, 0.3) is 0 Å². The lowest BCUT2D eigenvalue weighted by atomic mass is 9.98. The first-order chi connectivity index (χ1) is 9.70. The van der Waals surface area contributed by atoms with Crippen molar-refractivity contribution in [3.8, 4) is 0 Å². The van der Waals surface area contributed by atoms with Crippen molar-refractivity contribution in [1.82, 2.24) is 0 Å². The van der Waals surface area contributed by atoms with Crippen LogP contribution < -0.4 is 0 Å². The van der Waals surface area contributed by atoms with E-state index in [1.54, 1.807) is 18.2 Å². The minimum absolute atomic E-state index is 0.0220. The third-order valence-corrected chi connectivity index (χ3v) is 3.99. The lowest BCUT2D eigenvalue weighted by Gasteiger charge is -2.11. The third kappa shape index (κ3) is 3.35. The first-order valence-electron chi connectivity index (χ1n) is 6.19. The minimum atomic E-state index is -4.50. The van der Waals surface area contributed by atoms with Gasteiger partial charge in [0.1, 0.15) is 0 Å². The zero-order valence-electron chi connectivity index (χ0n) is 11.4. The summed E-state index contributed by atoms with van der Waals surface area (Å²) in [5, 5.41) is 0. The summed E-state index contributed by atoms with van der Waals surface area (Å²) in [4.78, 5) is 12.3. The highest BCUT2D eigenvalue weighted by Crippen LogP contribution is 2.35. The van der Waals surface area contributed by atoms with E-state index in [4.69, 9.17) is 0 Å². The van der Waals surface area contributed by atoms with Crippen molar-refractivity contribution in [3.63, 3.8) is 0 Å². The zero-order valence-corrected chi connectivity index (χ0v) is 13.0. The van der Waals surface area contributed by atoms with Crippen LogP contribution in [0.5, 0.6) is 0 Å². The van der Waals surface area contributed by atoms with Crippen molar-refractivity contribution in [1.29, 1.82) is 0 Å². The van der Waals surface area contributed by atoms with Gasteiger partial charge in [0.15, 0.2) is 5.78 Å². The summed E-state index contributed by atoms with van der Waals surface area (Å²) in [6.45, 7) is 3.76. The second-order valence-corrected chi connectivity index (χ2v) is 5.67. The summed E-state index contributed by atoms with van der Waals surface area (Å²) in [6.07, 6.45) is -4.50. The second kappa shape index (κ2) is 5.64. The quantitative estimate of drug-likeness (QED) is 0.666. The molecule has 0 aliphatic carbocycles. The average molecular weight is 357 g/mol. The number of carbonyl (C=O) groups excluding carboxylic acids is 1. The number of hydrogen-bond acceptors (Lipinski definition) is 1. The Labute approximate surface area is 128 Å². The summed E-state index contributed by atoms with van der Waals surface area (Å²) in [7, 11) is 0. The number of aryl methyl sites for hydroxylation is 2. The van der Waals surface area contributed by atoms with E-state index in [0.717, 1.165) is 17.2 Å². The maximum Gasteiger partial charge on any atom is 0.417 e. The summed E-state index contributed by atoms with van der Waals surface area (Å²) < 4.78 is 38.5. The number of rotatable bonds is 2. The topological polar surface area (TPSA) is 17.1 Å². The van der Waals surface area contributed by atoms with E-state index in [9.17, 15) is 18.0 Å². The highest BCUT2D eigenvalue weighted by atomic mass is 79.9. The van der Waals surface area contributed by atoms with E-state index < -0.39 is 17.5 Å². The van der Waals surface area contributed by atoms with Crippen LogP contribution in [0.1, 0.15) is 32.6 Å². The van der Waals surface area contributed by atoms with E-state index in [-0.39, 0.29) is 10.0 Å². The van der Waals surface area contributed by atoms with E-state index >= 15 is 0 Å². The fourth-order valence-electron chi connectivity index (χ4n) is 1.93. The monoisotopic (exact) mass is 356 g/mol. The SMILES string of the molecule is Cc1ccc(C(=O)c2ccc(Br)c(C(F)(F)F)c2)cc1C. The molecule has 0 heterocycles. The Hall–Kier alpha value is -1.62. The Morgan fingerprint density at radius 1 is 0.952 bits per heavy atom. The molecule has 5 heteroatoms. The van der Waals surface area contributed by atoms with Gasteiger partial charge in [-0.2, -0.15) is 13.2 Å². The summed E-state index contributed by atoms with van der Waals surface area (Å²) in [5.41, 5.74) is 1.51. The predicted octanol–water partition coefficient (Wildman–Crippen LogP) is 5.32. The summed E-state index contributed by atoms with van der Waals surface area (Å²) >= 11 is 2.86. The molecular formula is C16H12BrF3O. The van der Waals surface area contributed by atoms with Gasteiger partial charge < -0.3 is 0 Å². The van der Waals surface area contributed by atoms with Gasteiger partial charge in [-0.05, 0) is 49.2 Å². The molecule has 2 rings (SSSR count). The molecule has 2 aromatic rings. The van der Waals surface area contributed by atoms with E-state index in [0.29, 0.717) is 5.56 Å². The van der Waals surface area contributed by atoms with Crippen molar-refractivity contribution >= 4 is 21.7 Å². The molecule has 0 spiro atoms. The normalized spacial score (nSPS) is 11.5. The molecule has 2 aromatic carbocycles. The van der Waals surface area contributed by atoms with Gasteiger partial charge >= 0.3 is 6.18 Å². The van der Waals surface area contributed by atoms with E-state index in [1.165, 1.54) is 12.1 Å². The molecule has 0 bridgehead atoms. The third-order valence-electron chi connectivity index (χ3n) is 3.30. The fourth-order valence-corrected chi connectivity index (χ4v) is 2.40. The molecule has 0 amide bonds. The van der Waals surface area contributed by atoms with Crippen molar-refractivity contribution in [3.05, 3.63) is 68.7 Å². The molecule has 0 unspecified atom stereocenters. The number of ketones is 1. The zero-order chi connectivity index (χ0) is 15.8. The molecule has 0 aliphatic rings. The number of halogens is 4. The van der Waals surface area contributed by atoms with Crippen LogP contribution in [0, 0.1) is 13.8 Å². The van der Waals surface area contributed by atoms with Crippen molar-refractivity contribution in [2.24, 2.45) is 0 Å². The Kier molecular flexibility index (Phi) is 4.23. The van der Waals surface area contributed by atoms with Gasteiger partial charge in [-0.1, -0.05) is 28.1 Å². The van der Waals surface area contributed by atoms with Crippen LogP contribution in [0.3, 0.4) is 0 Å². The smallest absolute Gasteiger partial charge is 0.289 e. The summed E-state index contributed by atoms with van der Waals surface area (Å²) in [6, 6.07) is 8.61. The Bertz CT molecular complexity index is 705. The Balaban J connectivity index is 2.46. The highest BCUT2D eigenvalue weighted by molar-refractivity contribution is 9.10. The molecule has 1 nitrogen and oxygen atoms in total. The van der Waals surface area contributed by atoms with Gasteiger partial charge in [0, 0.05) is 15.6 Å².